The number of nitrogens with zero attached hydrogens (tertiary/aromatic N) is 1. The van der Waals surface area contributed by atoms with E-state index in [2.05, 4.69) is 4.90 Å². The molecule has 0 bridgehead atoms. The largest absolute Gasteiger partial charge is 0.491 e. The van der Waals surface area contributed by atoms with E-state index >= 15 is 0 Å². The smallest absolute Gasteiger partial charge is 0.183 e. The molecule has 3 heteroatoms. The molecule has 0 spiro atoms. The van der Waals surface area contributed by atoms with Crippen LogP contribution in [0.25, 0.3) is 0 Å². The molecule has 1 aliphatic carbocycles. The highest BCUT2D eigenvalue weighted by Crippen LogP contribution is 2.36. The molecule has 110 valence electrons. The van der Waals surface area contributed by atoms with Crippen LogP contribution in [-0.2, 0) is 0 Å². The third-order valence-electron chi connectivity index (χ3n) is 4.20. The number of Topliss-reactive ketones (excluding diaryl/α,β-unsaturated/α-hetero) is 1. The molecule has 1 aliphatic rings. The van der Waals surface area contributed by atoms with E-state index in [1.54, 1.807) is 0 Å². The zero-order valence-corrected chi connectivity index (χ0v) is 13.0. The molecule has 1 aromatic rings. The van der Waals surface area contributed by atoms with E-state index < -0.39 is 0 Å². The third-order valence-corrected chi connectivity index (χ3v) is 4.20. The molecule has 0 atom stereocenters. The fourth-order valence-electron chi connectivity index (χ4n) is 3.06. The Kier molecular flexibility index (Phi) is 4.48. The van der Waals surface area contributed by atoms with Crippen LogP contribution in [0.1, 0.15) is 49.9 Å². The quantitative estimate of drug-likeness (QED) is 0.770. The summed E-state index contributed by atoms with van der Waals surface area (Å²) in [7, 11) is 4.03. The highest BCUT2D eigenvalue weighted by Gasteiger charge is 2.43. The van der Waals surface area contributed by atoms with Crippen LogP contribution in [0.2, 0.25) is 0 Å². The summed E-state index contributed by atoms with van der Waals surface area (Å²) in [4.78, 5) is 15.0. The Bertz CT molecular complexity index is 456. The minimum atomic E-state index is -0.305. The molecule has 3 nitrogen and oxygen atoms in total. The van der Waals surface area contributed by atoms with Crippen molar-refractivity contribution < 1.29 is 9.53 Å². The van der Waals surface area contributed by atoms with Gasteiger partial charge in [0.15, 0.2) is 5.78 Å². The van der Waals surface area contributed by atoms with Crippen LogP contribution in [0.3, 0.4) is 0 Å². The van der Waals surface area contributed by atoms with Gasteiger partial charge in [-0.1, -0.05) is 12.8 Å². The van der Waals surface area contributed by atoms with Gasteiger partial charge in [0.1, 0.15) is 5.75 Å². The van der Waals surface area contributed by atoms with E-state index in [0.717, 1.165) is 37.0 Å². The second-order valence-corrected chi connectivity index (χ2v) is 6.15. The molecular weight excluding hydrogens is 250 g/mol. The minimum absolute atomic E-state index is 0.152. The number of hydrogen-bond donors (Lipinski definition) is 0. The van der Waals surface area contributed by atoms with E-state index in [-0.39, 0.29) is 17.4 Å². The Morgan fingerprint density at radius 3 is 2.15 bits per heavy atom. The maximum atomic E-state index is 12.9. The SMILES string of the molecule is CC(C)Oc1ccc(C(=O)C2(N(C)C)CCCC2)cc1. The topological polar surface area (TPSA) is 29.5 Å². The first-order valence-electron chi connectivity index (χ1n) is 7.45. The lowest BCUT2D eigenvalue weighted by atomic mass is 9.86. The molecule has 0 N–H and O–H groups in total. The second-order valence-electron chi connectivity index (χ2n) is 6.15. The molecule has 20 heavy (non-hydrogen) atoms. The maximum Gasteiger partial charge on any atom is 0.183 e. The molecule has 2 rings (SSSR count). The molecule has 1 aromatic carbocycles. The molecular formula is C17H25NO2. The molecule has 1 fully saturated rings. The average molecular weight is 275 g/mol. The lowest BCUT2D eigenvalue weighted by Gasteiger charge is -2.34. The van der Waals surface area contributed by atoms with Crippen LogP contribution in [0.5, 0.6) is 5.75 Å². The van der Waals surface area contributed by atoms with Crippen LogP contribution in [-0.4, -0.2) is 36.4 Å². The summed E-state index contributed by atoms with van der Waals surface area (Å²) in [6.07, 6.45) is 4.35. The van der Waals surface area contributed by atoms with Gasteiger partial charge in [-0.2, -0.15) is 0 Å². The predicted molar refractivity (Wildman–Crippen MR) is 81.4 cm³/mol. The van der Waals surface area contributed by atoms with Gasteiger partial charge in [-0.25, -0.2) is 0 Å². The first kappa shape index (κ1) is 15.0. The minimum Gasteiger partial charge on any atom is -0.491 e. The third kappa shape index (κ3) is 2.88. The zero-order chi connectivity index (χ0) is 14.8. The Balaban J connectivity index is 2.20. The molecule has 0 saturated heterocycles. The molecule has 0 aliphatic heterocycles. The Morgan fingerprint density at radius 2 is 1.70 bits per heavy atom. The number of carbonyl (C=O) groups excluding carboxylic acids is 1. The van der Waals surface area contributed by atoms with Crippen molar-refractivity contribution in [2.24, 2.45) is 0 Å². The van der Waals surface area contributed by atoms with Gasteiger partial charge in [0.2, 0.25) is 0 Å². The Labute approximate surface area is 121 Å². The number of likely N-dealkylation sites (N-methyl/N-ethyl adjacent to an activating group) is 1. The predicted octanol–water partition coefficient (Wildman–Crippen LogP) is 3.53. The van der Waals surface area contributed by atoms with Crippen LogP contribution < -0.4 is 4.74 Å². The van der Waals surface area contributed by atoms with Crippen molar-refractivity contribution >= 4 is 5.78 Å². The number of carbonyl (C=O) groups is 1. The summed E-state index contributed by atoms with van der Waals surface area (Å²) in [5.41, 5.74) is 0.483. The van der Waals surface area contributed by atoms with Crippen molar-refractivity contribution in [2.45, 2.75) is 51.2 Å². The normalized spacial score (nSPS) is 17.7. The molecule has 0 aromatic heterocycles. The van der Waals surface area contributed by atoms with Crippen LogP contribution in [0.15, 0.2) is 24.3 Å². The van der Waals surface area contributed by atoms with E-state index in [4.69, 9.17) is 4.74 Å². The van der Waals surface area contributed by atoms with Gasteiger partial charge in [-0.05, 0) is 65.0 Å². The number of rotatable bonds is 5. The van der Waals surface area contributed by atoms with Crippen molar-refractivity contribution in [3.63, 3.8) is 0 Å². The van der Waals surface area contributed by atoms with Crippen molar-refractivity contribution in [3.8, 4) is 5.75 Å². The van der Waals surface area contributed by atoms with Crippen LogP contribution in [0, 0.1) is 0 Å². The van der Waals surface area contributed by atoms with Gasteiger partial charge in [-0.15, -0.1) is 0 Å². The van der Waals surface area contributed by atoms with Crippen molar-refractivity contribution in [2.75, 3.05) is 14.1 Å². The average Bonchev–Trinajstić information content (AvgIpc) is 2.88. The van der Waals surface area contributed by atoms with E-state index in [9.17, 15) is 4.79 Å². The summed E-state index contributed by atoms with van der Waals surface area (Å²) in [5.74, 6) is 1.07. The van der Waals surface area contributed by atoms with Crippen LogP contribution >= 0.6 is 0 Å². The Hall–Kier alpha value is -1.35. The zero-order valence-electron chi connectivity index (χ0n) is 13.0. The highest BCUT2D eigenvalue weighted by molar-refractivity contribution is 6.03. The molecule has 0 heterocycles. The number of ketones is 1. The second kappa shape index (κ2) is 5.96. The van der Waals surface area contributed by atoms with Gasteiger partial charge in [-0.3, -0.25) is 9.69 Å². The number of benzene rings is 1. The lowest BCUT2D eigenvalue weighted by Crippen LogP contribution is -2.48. The summed E-state index contributed by atoms with van der Waals surface area (Å²) >= 11 is 0. The fraction of sp³-hybridized carbons (Fsp3) is 0.588. The van der Waals surface area contributed by atoms with Crippen molar-refractivity contribution in [1.82, 2.24) is 4.90 Å². The highest BCUT2D eigenvalue weighted by atomic mass is 16.5. The summed E-state index contributed by atoms with van der Waals surface area (Å²) in [6, 6.07) is 7.57. The summed E-state index contributed by atoms with van der Waals surface area (Å²) in [6.45, 7) is 4.00. The van der Waals surface area contributed by atoms with E-state index in [0.29, 0.717) is 0 Å². The molecule has 1 saturated carbocycles. The molecule has 0 radical (unpaired) electrons. The van der Waals surface area contributed by atoms with Crippen molar-refractivity contribution in [3.05, 3.63) is 29.8 Å². The first-order chi connectivity index (χ1) is 9.45. The maximum absolute atomic E-state index is 12.9. The summed E-state index contributed by atoms with van der Waals surface area (Å²) < 4.78 is 5.63. The first-order valence-corrected chi connectivity index (χ1v) is 7.45. The van der Waals surface area contributed by atoms with E-state index in [1.165, 1.54) is 0 Å². The lowest BCUT2D eigenvalue weighted by molar-refractivity contribution is 0.0693. The Morgan fingerprint density at radius 1 is 1.15 bits per heavy atom. The van der Waals surface area contributed by atoms with E-state index in [1.807, 2.05) is 52.2 Å². The van der Waals surface area contributed by atoms with Gasteiger partial charge in [0, 0.05) is 5.56 Å². The van der Waals surface area contributed by atoms with Gasteiger partial charge in [0.25, 0.3) is 0 Å². The number of ether oxygens (including phenoxy) is 1. The van der Waals surface area contributed by atoms with Crippen LogP contribution in [0.4, 0.5) is 0 Å². The van der Waals surface area contributed by atoms with Gasteiger partial charge >= 0.3 is 0 Å². The van der Waals surface area contributed by atoms with Crippen molar-refractivity contribution in [1.29, 1.82) is 0 Å². The monoisotopic (exact) mass is 275 g/mol. The summed E-state index contributed by atoms with van der Waals surface area (Å²) in [5, 5.41) is 0. The number of hydrogen-bond acceptors (Lipinski definition) is 3. The standard InChI is InChI=1S/C17H25NO2/c1-13(2)20-15-9-7-14(8-10-15)16(19)17(18(3)4)11-5-6-12-17/h7-10,13H,5-6,11-12H2,1-4H3. The molecule has 0 amide bonds. The fourth-order valence-corrected chi connectivity index (χ4v) is 3.06. The molecule has 0 unspecified atom stereocenters. The van der Waals surface area contributed by atoms with Gasteiger partial charge in [0.05, 0.1) is 11.6 Å². The van der Waals surface area contributed by atoms with Gasteiger partial charge < -0.3 is 4.74 Å².